The molecule has 1 aromatic carbocycles. The number of aromatic nitrogens is 2. The van der Waals surface area contributed by atoms with Crippen LogP contribution in [0.1, 0.15) is 42.2 Å². The average Bonchev–Trinajstić information content (AvgIpc) is 3.31. The van der Waals surface area contributed by atoms with Gasteiger partial charge in [0, 0.05) is 17.9 Å². The van der Waals surface area contributed by atoms with Gasteiger partial charge in [0.05, 0.1) is 6.10 Å². The van der Waals surface area contributed by atoms with Gasteiger partial charge < -0.3 is 10.4 Å². The van der Waals surface area contributed by atoms with E-state index in [1.165, 1.54) is 24.2 Å². The van der Waals surface area contributed by atoms with Gasteiger partial charge in [0.15, 0.2) is 0 Å². The second-order valence-corrected chi connectivity index (χ2v) is 7.74. The van der Waals surface area contributed by atoms with E-state index in [2.05, 4.69) is 33.0 Å². The fourth-order valence-electron chi connectivity index (χ4n) is 3.29. The summed E-state index contributed by atoms with van der Waals surface area (Å²) in [4.78, 5) is 12.2. The van der Waals surface area contributed by atoms with E-state index in [4.69, 9.17) is 0 Å². The molecule has 126 valence electrons. The van der Waals surface area contributed by atoms with E-state index in [-0.39, 0.29) is 17.6 Å². The Balaban J connectivity index is 1.36. The Morgan fingerprint density at radius 3 is 2.67 bits per heavy atom. The van der Waals surface area contributed by atoms with Crippen LogP contribution in [-0.4, -0.2) is 34.0 Å². The number of urea groups is 1. The van der Waals surface area contributed by atoms with E-state index in [0.29, 0.717) is 30.4 Å². The Kier molecular flexibility index (Phi) is 3.97. The van der Waals surface area contributed by atoms with Gasteiger partial charge in [-0.2, -0.15) is 0 Å². The molecule has 1 aromatic heterocycles. The van der Waals surface area contributed by atoms with Gasteiger partial charge in [-0.05, 0) is 31.2 Å². The first kappa shape index (κ1) is 15.5. The van der Waals surface area contributed by atoms with Crippen molar-refractivity contribution in [1.82, 2.24) is 15.5 Å². The molecule has 0 radical (unpaired) electrons. The number of nitrogens with one attached hydrogen (secondary N) is 2. The molecule has 6 nitrogen and oxygen atoms in total. The molecule has 2 aromatic rings. The monoisotopic (exact) mass is 344 g/mol. The fourth-order valence-corrected chi connectivity index (χ4v) is 4.19. The predicted molar refractivity (Wildman–Crippen MR) is 92.3 cm³/mol. The first-order chi connectivity index (χ1) is 11.6. The van der Waals surface area contributed by atoms with E-state index in [1.807, 2.05) is 18.2 Å². The van der Waals surface area contributed by atoms with Crippen LogP contribution in [0.3, 0.4) is 0 Å². The van der Waals surface area contributed by atoms with Crippen molar-refractivity contribution >= 4 is 22.5 Å². The summed E-state index contributed by atoms with van der Waals surface area (Å²) in [6.45, 7) is 0.494. The van der Waals surface area contributed by atoms with E-state index < -0.39 is 0 Å². The zero-order chi connectivity index (χ0) is 16.6. The molecule has 1 heterocycles. The predicted octanol–water partition coefficient (Wildman–Crippen LogP) is 2.63. The highest BCUT2D eigenvalue weighted by Crippen LogP contribution is 2.43. The Morgan fingerprint density at radius 2 is 2.00 bits per heavy atom. The summed E-state index contributed by atoms with van der Waals surface area (Å²) in [6, 6.07) is 9.78. The van der Waals surface area contributed by atoms with Gasteiger partial charge >= 0.3 is 6.03 Å². The van der Waals surface area contributed by atoms with E-state index in [0.717, 1.165) is 10.6 Å². The molecular formula is C17H20N4O2S. The second-order valence-electron chi connectivity index (χ2n) is 6.74. The van der Waals surface area contributed by atoms with Crippen LogP contribution in [0.5, 0.6) is 0 Å². The van der Waals surface area contributed by atoms with Gasteiger partial charge in [-0.25, -0.2) is 4.79 Å². The number of amides is 2. The molecule has 0 bridgehead atoms. The first-order valence-corrected chi connectivity index (χ1v) is 9.08. The molecule has 0 saturated heterocycles. The number of carbonyl (C=O) groups is 1. The summed E-state index contributed by atoms with van der Waals surface area (Å²) in [5, 5.41) is 25.1. The summed E-state index contributed by atoms with van der Waals surface area (Å²) in [6.07, 6.45) is 3.38. The summed E-state index contributed by atoms with van der Waals surface area (Å²) in [7, 11) is 0. The maximum atomic E-state index is 12.2. The molecule has 2 fully saturated rings. The lowest BCUT2D eigenvalue weighted by Gasteiger charge is -2.46. The molecule has 4 rings (SSSR count). The number of rotatable bonds is 5. The van der Waals surface area contributed by atoms with E-state index in [9.17, 15) is 9.90 Å². The highest BCUT2D eigenvalue weighted by Gasteiger charge is 2.44. The molecule has 2 aliphatic rings. The number of hydrogen-bond acceptors (Lipinski definition) is 5. The number of hydrogen-bond donors (Lipinski definition) is 3. The topological polar surface area (TPSA) is 87.1 Å². The number of benzene rings is 1. The standard InChI is InChI=1S/C17H20N4O2S/c22-13-8-17(9-13,12-4-2-1-3-5-12)10-18-15(23)19-16-21-20-14(24-16)11-6-7-11/h1-5,11,13,22H,6-10H2,(H2,18,19,21,23). The van der Waals surface area contributed by atoms with Crippen LogP contribution in [-0.2, 0) is 5.41 Å². The van der Waals surface area contributed by atoms with Crippen molar-refractivity contribution in [3.05, 3.63) is 40.9 Å². The largest absolute Gasteiger partial charge is 0.393 e. The van der Waals surface area contributed by atoms with Crippen molar-refractivity contribution in [2.75, 3.05) is 11.9 Å². The maximum absolute atomic E-state index is 12.2. The minimum Gasteiger partial charge on any atom is -0.393 e. The van der Waals surface area contributed by atoms with Crippen LogP contribution in [0.25, 0.3) is 0 Å². The van der Waals surface area contributed by atoms with Crippen LogP contribution >= 0.6 is 11.3 Å². The summed E-state index contributed by atoms with van der Waals surface area (Å²) < 4.78 is 0. The summed E-state index contributed by atoms with van der Waals surface area (Å²) >= 11 is 1.45. The highest BCUT2D eigenvalue weighted by molar-refractivity contribution is 7.15. The lowest BCUT2D eigenvalue weighted by Crippen LogP contribution is -2.52. The first-order valence-electron chi connectivity index (χ1n) is 8.26. The molecule has 24 heavy (non-hydrogen) atoms. The summed E-state index contributed by atoms with van der Waals surface area (Å²) in [5.74, 6) is 0.541. The molecule has 0 aliphatic heterocycles. The fraction of sp³-hybridized carbons (Fsp3) is 0.471. The van der Waals surface area contributed by atoms with Crippen molar-refractivity contribution in [3.8, 4) is 0 Å². The van der Waals surface area contributed by atoms with Crippen molar-refractivity contribution in [3.63, 3.8) is 0 Å². The van der Waals surface area contributed by atoms with Crippen LogP contribution in [0, 0.1) is 0 Å². The third kappa shape index (κ3) is 3.14. The number of aliphatic hydroxyl groups excluding tert-OH is 1. The molecule has 7 heteroatoms. The van der Waals surface area contributed by atoms with Crippen molar-refractivity contribution in [1.29, 1.82) is 0 Å². The lowest BCUT2D eigenvalue weighted by molar-refractivity contribution is 0.0193. The van der Waals surface area contributed by atoms with Crippen molar-refractivity contribution < 1.29 is 9.90 Å². The minimum absolute atomic E-state index is 0.182. The molecule has 2 saturated carbocycles. The number of aliphatic hydroxyl groups is 1. The van der Waals surface area contributed by atoms with Crippen LogP contribution in [0.4, 0.5) is 9.93 Å². The Hall–Kier alpha value is -1.99. The maximum Gasteiger partial charge on any atom is 0.321 e. The average molecular weight is 344 g/mol. The SMILES string of the molecule is O=C(NCC1(c2ccccc2)CC(O)C1)Nc1nnc(C2CC2)s1. The molecule has 2 aliphatic carbocycles. The summed E-state index contributed by atoms with van der Waals surface area (Å²) in [5.41, 5.74) is 0.973. The van der Waals surface area contributed by atoms with E-state index in [1.54, 1.807) is 0 Å². The lowest BCUT2D eigenvalue weighted by atomic mass is 9.62. The zero-order valence-corrected chi connectivity index (χ0v) is 14.1. The Labute approximate surface area is 144 Å². The molecule has 3 N–H and O–H groups in total. The highest BCUT2D eigenvalue weighted by atomic mass is 32.1. The van der Waals surface area contributed by atoms with Crippen LogP contribution in [0.2, 0.25) is 0 Å². The third-order valence-electron chi connectivity index (χ3n) is 4.81. The minimum atomic E-state index is -0.292. The van der Waals surface area contributed by atoms with Crippen molar-refractivity contribution in [2.24, 2.45) is 0 Å². The quantitative estimate of drug-likeness (QED) is 0.778. The molecule has 0 spiro atoms. The smallest absolute Gasteiger partial charge is 0.321 e. The number of nitrogens with zero attached hydrogens (tertiary/aromatic N) is 2. The molecular weight excluding hydrogens is 324 g/mol. The normalized spacial score (nSPS) is 25.8. The van der Waals surface area contributed by atoms with Gasteiger partial charge in [0.25, 0.3) is 0 Å². The van der Waals surface area contributed by atoms with Gasteiger partial charge in [-0.3, -0.25) is 5.32 Å². The van der Waals surface area contributed by atoms with E-state index >= 15 is 0 Å². The van der Waals surface area contributed by atoms with Gasteiger partial charge in [0.1, 0.15) is 5.01 Å². The van der Waals surface area contributed by atoms with Gasteiger partial charge in [-0.1, -0.05) is 41.7 Å². The molecule has 0 unspecified atom stereocenters. The number of anilines is 1. The van der Waals surface area contributed by atoms with Gasteiger partial charge in [0.2, 0.25) is 5.13 Å². The third-order valence-corrected chi connectivity index (χ3v) is 5.82. The van der Waals surface area contributed by atoms with Crippen molar-refractivity contribution in [2.45, 2.75) is 43.1 Å². The Bertz CT molecular complexity index is 723. The second kappa shape index (κ2) is 6.14. The zero-order valence-electron chi connectivity index (χ0n) is 13.2. The van der Waals surface area contributed by atoms with Crippen LogP contribution < -0.4 is 10.6 Å². The van der Waals surface area contributed by atoms with Gasteiger partial charge in [-0.15, -0.1) is 10.2 Å². The molecule has 2 amide bonds. The van der Waals surface area contributed by atoms with Crippen LogP contribution in [0.15, 0.2) is 30.3 Å². The Morgan fingerprint density at radius 1 is 1.25 bits per heavy atom. The molecule has 0 atom stereocenters. The number of carbonyl (C=O) groups excluding carboxylic acids is 1.